The van der Waals surface area contributed by atoms with E-state index in [9.17, 15) is 9.59 Å². The molecule has 0 saturated carbocycles. The maximum atomic E-state index is 12.4. The maximum absolute atomic E-state index is 12.4. The second kappa shape index (κ2) is 10.5. The molecule has 1 heterocycles. The van der Waals surface area contributed by atoms with Gasteiger partial charge in [-0.05, 0) is 84.5 Å². The molecule has 10 heteroatoms. The summed E-state index contributed by atoms with van der Waals surface area (Å²) in [6, 6.07) is 12.2. The van der Waals surface area contributed by atoms with Crippen LogP contribution in [0.15, 0.2) is 47.6 Å². The minimum absolute atomic E-state index is 0.122. The van der Waals surface area contributed by atoms with Crippen LogP contribution in [-0.2, 0) is 11.8 Å². The third-order valence-corrected chi connectivity index (χ3v) is 6.45. The Kier molecular flexibility index (Phi) is 7.95. The molecule has 0 fully saturated rings. The number of thioether (sulfide) groups is 1. The lowest BCUT2D eigenvalue weighted by Crippen LogP contribution is -2.28. The lowest BCUT2D eigenvalue weighted by molar-refractivity contribution is -0.113. The van der Waals surface area contributed by atoms with E-state index < -0.39 is 0 Å². The molecule has 162 valence electrons. The number of hydrogen-bond acceptors (Lipinski definition) is 5. The predicted molar refractivity (Wildman–Crippen MR) is 132 cm³/mol. The summed E-state index contributed by atoms with van der Waals surface area (Å²) in [6.45, 7) is 3.79. The highest BCUT2D eigenvalue weighted by molar-refractivity contribution is 14.1. The van der Waals surface area contributed by atoms with E-state index in [4.69, 9.17) is 11.6 Å². The van der Waals surface area contributed by atoms with Gasteiger partial charge < -0.3 is 15.2 Å². The number of amides is 2. The summed E-state index contributed by atoms with van der Waals surface area (Å²) < 4.78 is 2.90. The van der Waals surface area contributed by atoms with Crippen molar-refractivity contribution in [2.45, 2.75) is 25.0 Å². The summed E-state index contributed by atoms with van der Waals surface area (Å²) in [5, 5.41) is 15.3. The van der Waals surface area contributed by atoms with Crippen molar-refractivity contribution in [1.29, 1.82) is 0 Å². The van der Waals surface area contributed by atoms with Crippen molar-refractivity contribution in [2.24, 2.45) is 7.05 Å². The standard InChI is InChI=1S/C21H21ClIN5O2S/c1-12-10-16(23)8-9-17(12)25-18(29)11-31-21-27-26-19(28(21)3)13(2)24-20(30)14-4-6-15(22)7-5-14/h4-10,13H,11H2,1-3H3,(H,24,30)(H,25,29)/t13-/m0/s1. The van der Waals surface area contributed by atoms with Crippen molar-refractivity contribution in [2.75, 3.05) is 11.1 Å². The molecule has 0 unspecified atom stereocenters. The summed E-state index contributed by atoms with van der Waals surface area (Å²) >= 11 is 9.39. The minimum atomic E-state index is -0.363. The minimum Gasteiger partial charge on any atom is -0.342 e. The van der Waals surface area contributed by atoms with Gasteiger partial charge in [-0.3, -0.25) is 9.59 Å². The van der Waals surface area contributed by atoms with Crippen LogP contribution in [0.5, 0.6) is 0 Å². The highest BCUT2D eigenvalue weighted by Crippen LogP contribution is 2.21. The largest absolute Gasteiger partial charge is 0.342 e. The first-order chi connectivity index (χ1) is 14.7. The van der Waals surface area contributed by atoms with Crippen molar-refractivity contribution in [3.05, 3.63) is 68.0 Å². The Morgan fingerprint density at radius 2 is 1.90 bits per heavy atom. The number of aryl methyl sites for hydroxylation is 1. The number of aromatic nitrogens is 3. The van der Waals surface area contributed by atoms with Crippen molar-refractivity contribution < 1.29 is 9.59 Å². The number of rotatable bonds is 7. The number of anilines is 1. The highest BCUT2D eigenvalue weighted by atomic mass is 127. The number of halogens is 2. The predicted octanol–water partition coefficient (Wildman–Crippen LogP) is 4.60. The molecular formula is C21H21ClIN5O2S. The Hall–Kier alpha value is -2.11. The normalized spacial score (nSPS) is 11.8. The summed E-state index contributed by atoms with van der Waals surface area (Å²) in [6.07, 6.45) is 0. The van der Waals surface area contributed by atoms with Crippen LogP contribution in [-0.4, -0.2) is 32.3 Å². The smallest absolute Gasteiger partial charge is 0.251 e. The SMILES string of the molecule is Cc1cc(I)ccc1NC(=O)CSc1nnc([C@H](C)NC(=O)c2ccc(Cl)cc2)n1C. The summed E-state index contributed by atoms with van der Waals surface area (Å²) in [4.78, 5) is 24.8. The van der Waals surface area contributed by atoms with Gasteiger partial charge in [-0.25, -0.2) is 0 Å². The lowest BCUT2D eigenvalue weighted by atomic mass is 10.2. The molecule has 0 aliphatic heterocycles. The molecule has 7 nitrogen and oxygen atoms in total. The zero-order valence-corrected chi connectivity index (χ0v) is 20.9. The van der Waals surface area contributed by atoms with E-state index in [0.717, 1.165) is 14.8 Å². The first kappa shape index (κ1) is 23.6. The molecule has 31 heavy (non-hydrogen) atoms. The van der Waals surface area contributed by atoms with Crippen molar-refractivity contribution in [3.8, 4) is 0 Å². The van der Waals surface area contributed by atoms with E-state index in [1.807, 2.05) is 39.1 Å². The van der Waals surface area contributed by atoms with E-state index >= 15 is 0 Å². The zero-order valence-electron chi connectivity index (χ0n) is 17.1. The fourth-order valence-corrected chi connectivity index (χ4v) is 4.35. The molecule has 2 N–H and O–H groups in total. The molecule has 3 rings (SSSR count). The third-order valence-electron chi connectivity index (χ3n) is 4.50. The molecule has 0 bridgehead atoms. The van der Waals surface area contributed by atoms with Crippen molar-refractivity contribution in [1.82, 2.24) is 20.1 Å². The monoisotopic (exact) mass is 569 g/mol. The van der Waals surface area contributed by atoms with Crippen LogP contribution >= 0.6 is 46.0 Å². The van der Waals surface area contributed by atoms with Gasteiger partial charge in [0.25, 0.3) is 5.91 Å². The fraction of sp³-hybridized carbons (Fsp3) is 0.238. The van der Waals surface area contributed by atoms with Crippen molar-refractivity contribution in [3.63, 3.8) is 0 Å². The van der Waals surface area contributed by atoms with Crippen molar-refractivity contribution >= 4 is 63.5 Å². The molecule has 0 saturated heterocycles. The van der Waals surface area contributed by atoms with E-state index in [1.165, 1.54) is 11.8 Å². The molecule has 1 aromatic heterocycles. The van der Waals surface area contributed by atoms with Crippen LogP contribution < -0.4 is 10.6 Å². The number of hydrogen-bond donors (Lipinski definition) is 2. The van der Waals surface area contributed by atoms with Crippen LogP contribution in [0.4, 0.5) is 5.69 Å². The zero-order chi connectivity index (χ0) is 22.5. The van der Waals surface area contributed by atoms with E-state index in [0.29, 0.717) is 21.6 Å². The molecule has 0 aliphatic rings. The topological polar surface area (TPSA) is 88.9 Å². The average Bonchev–Trinajstić information content (AvgIpc) is 3.09. The van der Waals surface area contributed by atoms with E-state index in [2.05, 4.69) is 43.4 Å². The molecule has 2 aromatic carbocycles. The number of carbonyl (C=O) groups is 2. The van der Waals surface area contributed by atoms with Gasteiger partial charge in [-0.15, -0.1) is 10.2 Å². The number of benzene rings is 2. The second-order valence-electron chi connectivity index (χ2n) is 6.90. The summed E-state index contributed by atoms with van der Waals surface area (Å²) in [7, 11) is 1.81. The first-order valence-corrected chi connectivity index (χ1v) is 11.8. The van der Waals surface area contributed by atoms with Crippen LogP contribution in [0.3, 0.4) is 0 Å². The molecule has 2 amide bonds. The van der Waals surface area contributed by atoms with Gasteiger partial charge in [0, 0.05) is 26.9 Å². The second-order valence-corrected chi connectivity index (χ2v) is 9.52. The Morgan fingerprint density at radius 3 is 2.58 bits per heavy atom. The van der Waals surface area contributed by atoms with Crippen LogP contribution in [0.2, 0.25) is 5.02 Å². The maximum Gasteiger partial charge on any atom is 0.251 e. The molecule has 3 aromatic rings. The van der Waals surface area contributed by atoms with Gasteiger partial charge in [0.05, 0.1) is 11.8 Å². The summed E-state index contributed by atoms with van der Waals surface area (Å²) in [5.74, 6) is 0.443. The van der Waals surface area contributed by atoms with Gasteiger partial charge in [0.1, 0.15) is 0 Å². The fourth-order valence-electron chi connectivity index (χ4n) is 2.86. The Balaban J connectivity index is 1.58. The van der Waals surface area contributed by atoms with Crippen LogP contribution in [0, 0.1) is 10.5 Å². The molecular weight excluding hydrogens is 549 g/mol. The van der Waals surface area contributed by atoms with Crippen LogP contribution in [0.1, 0.15) is 34.7 Å². The molecule has 0 radical (unpaired) electrons. The average molecular weight is 570 g/mol. The van der Waals surface area contributed by atoms with E-state index in [1.54, 1.807) is 28.8 Å². The molecule has 0 aliphatic carbocycles. The van der Waals surface area contributed by atoms with Crippen LogP contribution in [0.25, 0.3) is 0 Å². The van der Waals surface area contributed by atoms with Gasteiger partial charge in [-0.2, -0.15) is 0 Å². The highest BCUT2D eigenvalue weighted by Gasteiger charge is 2.19. The Bertz CT molecular complexity index is 1100. The summed E-state index contributed by atoms with van der Waals surface area (Å²) in [5.41, 5.74) is 2.32. The third kappa shape index (κ3) is 6.20. The quantitative estimate of drug-likeness (QED) is 0.321. The number of nitrogens with zero attached hydrogens (tertiary/aromatic N) is 3. The Labute approximate surface area is 203 Å². The number of carbonyl (C=O) groups excluding carboxylic acids is 2. The van der Waals surface area contributed by atoms with Gasteiger partial charge >= 0.3 is 0 Å². The number of nitrogens with one attached hydrogen (secondary N) is 2. The molecule has 0 spiro atoms. The first-order valence-electron chi connectivity index (χ1n) is 9.39. The van der Waals surface area contributed by atoms with Gasteiger partial charge in [0.2, 0.25) is 5.91 Å². The molecule has 1 atom stereocenters. The Morgan fingerprint density at radius 1 is 1.19 bits per heavy atom. The van der Waals surface area contributed by atoms with E-state index in [-0.39, 0.29) is 23.6 Å². The van der Waals surface area contributed by atoms with Gasteiger partial charge in [-0.1, -0.05) is 23.4 Å². The lowest BCUT2D eigenvalue weighted by Gasteiger charge is -2.13. The van der Waals surface area contributed by atoms with Gasteiger partial charge in [0.15, 0.2) is 11.0 Å².